The quantitative estimate of drug-likeness (QED) is 0.160. The Bertz CT molecular complexity index is 4140. The molecule has 10 aromatic carbocycles. The van der Waals surface area contributed by atoms with E-state index in [4.69, 9.17) is 19.4 Å². The van der Waals surface area contributed by atoms with Crippen molar-refractivity contribution in [1.82, 2.24) is 24.1 Å². The van der Waals surface area contributed by atoms with Gasteiger partial charge in [-0.15, -0.1) is 0 Å². The summed E-state index contributed by atoms with van der Waals surface area (Å²) in [6.45, 7) is 0. The van der Waals surface area contributed by atoms with Crippen molar-refractivity contribution in [2.24, 2.45) is 0 Å². The van der Waals surface area contributed by atoms with Crippen LogP contribution in [0, 0.1) is 0 Å². The number of aromatic nitrogens is 5. The predicted octanol–water partition coefficient (Wildman–Crippen LogP) is 16.3. The summed E-state index contributed by atoms with van der Waals surface area (Å²) >= 11 is 0. The van der Waals surface area contributed by atoms with Gasteiger partial charge in [0.1, 0.15) is 17.5 Å². The van der Waals surface area contributed by atoms with Gasteiger partial charge in [0.15, 0.2) is 5.82 Å². The molecule has 0 N–H and O–H groups in total. The number of benzene rings is 10. The fourth-order valence-electron chi connectivity index (χ4n) is 10.5. The van der Waals surface area contributed by atoms with Gasteiger partial charge in [-0.25, -0.2) is 9.97 Å². The second-order valence-electron chi connectivity index (χ2n) is 17.6. The molecule has 0 saturated heterocycles. The molecule has 69 heavy (non-hydrogen) atoms. The van der Waals surface area contributed by atoms with E-state index in [9.17, 15) is 0 Å². The van der Waals surface area contributed by atoms with Crippen LogP contribution in [0.1, 0.15) is 0 Å². The highest BCUT2D eigenvalue weighted by atomic mass is 16.3. The third-order valence-electron chi connectivity index (χ3n) is 13.7. The van der Waals surface area contributed by atoms with Crippen LogP contribution in [0.15, 0.2) is 241 Å². The molecule has 6 heteroatoms. The van der Waals surface area contributed by atoms with Gasteiger partial charge in [0.25, 0.3) is 0 Å². The first-order valence-corrected chi connectivity index (χ1v) is 23.2. The minimum atomic E-state index is 0.542. The summed E-state index contributed by atoms with van der Waals surface area (Å²) < 4.78 is 11.0. The number of hydrogen-bond donors (Lipinski definition) is 0. The Morgan fingerprint density at radius 3 is 1.49 bits per heavy atom. The molecule has 4 aromatic heterocycles. The number of hydrogen-bond acceptors (Lipinski definition) is 4. The fourth-order valence-corrected chi connectivity index (χ4v) is 10.5. The maximum atomic E-state index is 6.45. The lowest BCUT2D eigenvalue weighted by Crippen LogP contribution is -2.05. The summed E-state index contributed by atoms with van der Waals surface area (Å²) in [6, 6.07) is 81.8. The van der Waals surface area contributed by atoms with Gasteiger partial charge in [0.2, 0.25) is 5.95 Å². The van der Waals surface area contributed by atoms with Crippen LogP contribution in [0.5, 0.6) is 0 Å². The highest BCUT2D eigenvalue weighted by molar-refractivity contribution is 6.24. The Kier molecular flexibility index (Phi) is 8.79. The second kappa shape index (κ2) is 15.6. The standard InChI is InChI=1S/C63H39N5O/c1-3-13-40(14-4-1)42-23-27-44(28-24-42)46-31-34-56-52(37-46)53-38-47(45-29-25-43(26-30-45)41-15-5-2-6-16-41)32-35-57(53)68(56)63-65-39-64-62(66-63)50-18-8-11-21-55(50)67-54-20-10-7-17-48(54)49-33-36-59-60(61(49)67)51-19-9-12-22-58(51)69-59/h1-39H. The van der Waals surface area contributed by atoms with Gasteiger partial charge in [-0.2, -0.15) is 4.98 Å². The van der Waals surface area contributed by atoms with E-state index in [1.807, 2.05) is 12.1 Å². The summed E-state index contributed by atoms with van der Waals surface area (Å²) in [7, 11) is 0. The smallest absolute Gasteiger partial charge is 0.238 e. The molecule has 0 atom stereocenters. The largest absolute Gasteiger partial charge is 0.456 e. The summed E-state index contributed by atoms with van der Waals surface area (Å²) in [5.74, 6) is 1.12. The number of fused-ring (bicyclic) bond motifs is 10. The van der Waals surface area contributed by atoms with Crippen molar-refractivity contribution in [3.8, 4) is 67.5 Å². The molecule has 0 saturated carbocycles. The minimum Gasteiger partial charge on any atom is -0.456 e. The lowest BCUT2D eigenvalue weighted by molar-refractivity contribution is 0.669. The second-order valence-corrected chi connectivity index (χ2v) is 17.6. The van der Waals surface area contributed by atoms with E-state index in [0.29, 0.717) is 11.8 Å². The maximum absolute atomic E-state index is 6.45. The number of furan rings is 1. The van der Waals surface area contributed by atoms with Crippen molar-refractivity contribution in [3.05, 3.63) is 237 Å². The van der Waals surface area contributed by atoms with Crippen LogP contribution in [0.3, 0.4) is 0 Å². The van der Waals surface area contributed by atoms with E-state index in [1.165, 1.54) is 22.3 Å². The van der Waals surface area contributed by atoms with Crippen molar-refractivity contribution in [1.29, 1.82) is 0 Å². The van der Waals surface area contributed by atoms with Crippen molar-refractivity contribution in [3.63, 3.8) is 0 Å². The number of para-hydroxylation sites is 3. The monoisotopic (exact) mass is 881 g/mol. The Hall–Kier alpha value is -9.39. The number of nitrogens with zero attached hydrogens (tertiary/aromatic N) is 5. The third-order valence-corrected chi connectivity index (χ3v) is 13.7. The molecule has 0 aliphatic rings. The van der Waals surface area contributed by atoms with E-state index in [0.717, 1.165) is 99.1 Å². The number of rotatable bonds is 7. The molecule has 6 nitrogen and oxygen atoms in total. The van der Waals surface area contributed by atoms with Crippen molar-refractivity contribution in [2.45, 2.75) is 0 Å². The lowest BCUT2D eigenvalue weighted by atomic mass is 9.97. The molecule has 0 radical (unpaired) electrons. The Labute approximate surface area is 396 Å². The van der Waals surface area contributed by atoms with Gasteiger partial charge < -0.3 is 8.98 Å². The van der Waals surface area contributed by atoms with Crippen LogP contribution < -0.4 is 0 Å². The topological polar surface area (TPSA) is 61.7 Å². The first-order valence-electron chi connectivity index (χ1n) is 23.2. The van der Waals surface area contributed by atoms with Gasteiger partial charge in [0, 0.05) is 32.5 Å². The Morgan fingerprint density at radius 1 is 0.333 bits per heavy atom. The van der Waals surface area contributed by atoms with Crippen LogP contribution >= 0.6 is 0 Å². The molecule has 4 heterocycles. The third kappa shape index (κ3) is 6.30. The molecule has 0 aliphatic heterocycles. The summed E-state index contributed by atoms with van der Waals surface area (Å²) in [6.07, 6.45) is 1.64. The van der Waals surface area contributed by atoms with Gasteiger partial charge in [-0.05, 0) is 105 Å². The first-order chi connectivity index (χ1) is 34.2. The van der Waals surface area contributed by atoms with E-state index in [2.05, 4.69) is 228 Å². The maximum Gasteiger partial charge on any atom is 0.238 e. The fraction of sp³-hybridized carbons (Fsp3) is 0. The molecule has 322 valence electrons. The minimum absolute atomic E-state index is 0.542. The molecule has 14 rings (SSSR count). The zero-order valence-electron chi connectivity index (χ0n) is 37.2. The highest BCUT2D eigenvalue weighted by Gasteiger charge is 2.23. The molecule has 0 amide bonds. The molecular weight excluding hydrogens is 843 g/mol. The molecule has 0 unspecified atom stereocenters. The van der Waals surface area contributed by atoms with Crippen LogP contribution in [0.2, 0.25) is 0 Å². The zero-order valence-corrected chi connectivity index (χ0v) is 37.2. The molecule has 0 aliphatic carbocycles. The lowest BCUT2D eigenvalue weighted by Gasteiger charge is -2.14. The molecule has 0 spiro atoms. The van der Waals surface area contributed by atoms with Gasteiger partial charge in [-0.1, -0.05) is 170 Å². The molecule has 0 bridgehead atoms. The van der Waals surface area contributed by atoms with Gasteiger partial charge in [0.05, 0.1) is 33.1 Å². The normalized spacial score (nSPS) is 11.8. The van der Waals surface area contributed by atoms with Gasteiger partial charge in [-0.3, -0.25) is 4.57 Å². The Morgan fingerprint density at radius 2 is 0.841 bits per heavy atom. The van der Waals surface area contributed by atoms with E-state index >= 15 is 0 Å². The first kappa shape index (κ1) is 38.8. The molecule has 14 aromatic rings. The highest BCUT2D eigenvalue weighted by Crippen LogP contribution is 2.43. The van der Waals surface area contributed by atoms with Crippen molar-refractivity contribution >= 4 is 65.6 Å². The summed E-state index contributed by atoms with van der Waals surface area (Å²) in [5, 5.41) is 6.69. The van der Waals surface area contributed by atoms with Crippen LogP contribution in [0.25, 0.3) is 133 Å². The van der Waals surface area contributed by atoms with Crippen LogP contribution in [-0.4, -0.2) is 24.1 Å². The molecule has 0 fully saturated rings. The van der Waals surface area contributed by atoms with Crippen LogP contribution in [0.4, 0.5) is 0 Å². The van der Waals surface area contributed by atoms with E-state index < -0.39 is 0 Å². The zero-order chi connectivity index (χ0) is 45.4. The SMILES string of the molecule is c1ccc(-c2ccc(-c3ccc4c(c3)c3cc(-c5ccc(-c6ccccc6)cc5)ccc3n4-c3ncnc(-c4ccccc4-n4c5ccccc5c5ccc6oc7ccccc7c6c54)n3)cc2)cc1. The van der Waals surface area contributed by atoms with Crippen molar-refractivity contribution in [2.75, 3.05) is 0 Å². The van der Waals surface area contributed by atoms with Gasteiger partial charge >= 0.3 is 0 Å². The Balaban J connectivity index is 0.942. The summed E-state index contributed by atoms with van der Waals surface area (Å²) in [5.41, 5.74) is 17.1. The average Bonchev–Trinajstić information content (AvgIpc) is 4.09. The average molecular weight is 882 g/mol. The molecular formula is C63H39N5O. The predicted molar refractivity (Wildman–Crippen MR) is 283 cm³/mol. The van der Waals surface area contributed by atoms with E-state index in [1.54, 1.807) is 6.33 Å². The summed E-state index contributed by atoms with van der Waals surface area (Å²) in [4.78, 5) is 15.2. The van der Waals surface area contributed by atoms with Crippen molar-refractivity contribution < 1.29 is 4.42 Å². The van der Waals surface area contributed by atoms with Crippen LogP contribution in [-0.2, 0) is 0 Å². The van der Waals surface area contributed by atoms with E-state index in [-0.39, 0.29) is 0 Å².